The topological polar surface area (TPSA) is 41.1 Å². The molecule has 3 nitrogen and oxygen atoms in total. The maximum absolute atomic E-state index is 12.7. The number of anilines is 1. The van der Waals surface area contributed by atoms with Crippen LogP contribution in [0.15, 0.2) is 24.3 Å². The molecule has 0 saturated heterocycles. The lowest BCUT2D eigenvalue weighted by molar-refractivity contribution is -0.183. The molecule has 1 aliphatic rings. The normalized spacial score (nSPS) is 22.4. The van der Waals surface area contributed by atoms with Crippen LogP contribution < -0.4 is 10.6 Å². The van der Waals surface area contributed by atoms with E-state index in [2.05, 4.69) is 10.6 Å². The third-order valence-electron chi connectivity index (χ3n) is 3.82. The number of nitrogens with one attached hydrogen (secondary N) is 2. The molecule has 1 aromatic rings. The molecule has 0 heterocycles. The minimum atomic E-state index is -4.17. The van der Waals surface area contributed by atoms with Gasteiger partial charge in [-0.05, 0) is 43.5 Å². The molecule has 0 radical (unpaired) electrons. The van der Waals surface area contributed by atoms with E-state index in [1.54, 1.807) is 0 Å². The number of rotatable bonds is 4. The molecule has 2 unspecified atom stereocenters. The van der Waals surface area contributed by atoms with E-state index in [0.717, 1.165) is 0 Å². The van der Waals surface area contributed by atoms with Gasteiger partial charge >= 0.3 is 6.18 Å². The minimum absolute atomic E-state index is 0.00727. The molecule has 0 spiro atoms. The maximum Gasteiger partial charge on any atom is 0.391 e. The molecule has 0 bridgehead atoms. The monoisotopic (exact) mass is 318 g/mol. The Bertz CT molecular complexity index is 501. The fourth-order valence-corrected chi connectivity index (χ4v) is 2.65. The second kappa shape index (κ2) is 7.09. The SMILES string of the molecule is O=C(CNC1CCCC(C(F)(F)F)C1)Nc1ccc(F)cc1. The van der Waals surface area contributed by atoms with Gasteiger partial charge in [-0.25, -0.2) is 4.39 Å². The lowest BCUT2D eigenvalue weighted by Gasteiger charge is -2.31. The highest BCUT2D eigenvalue weighted by molar-refractivity contribution is 5.92. The van der Waals surface area contributed by atoms with Gasteiger partial charge in [-0.15, -0.1) is 0 Å². The van der Waals surface area contributed by atoms with Crippen molar-refractivity contribution in [1.82, 2.24) is 5.32 Å². The second-order valence-electron chi connectivity index (χ2n) is 5.54. The molecule has 0 aliphatic heterocycles. The summed E-state index contributed by atoms with van der Waals surface area (Å²) in [5.74, 6) is -2.06. The fraction of sp³-hybridized carbons (Fsp3) is 0.533. The number of hydrogen-bond donors (Lipinski definition) is 2. The smallest absolute Gasteiger partial charge is 0.325 e. The van der Waals surface area contributed by atoms with Crippen LogP contribution in [0.25, 0.3) is 0 Å². The Morgan fingerprint density at radius 1 is 1.18 bits per heavy atom. The molecule has 1 amide bonds. The number of halogens is 4. The Balaban J connectivity index is 1.77. The fourth-order valence-electron chi connectivity index (χ4n) is 2.65. The molecule has 2 N–H and O–H groups in total. The molecular formula is C15H18F4N2O. The first-order valence-electron chi connectivity index (χ1n) is 7.20. The van der Waals surface area contributed by atoms with Crippen molar-refractivity contribution in [1.29, 1.82) is 0 Å². The summed E-state index contributed by atoms with van der Waals surface area (Å²) in [6.07, 6.45) is -2.87. The van der Waals surface area contributed by atoms with Crippen LogP contribution in [0.5, 0.6) is 0 Å². The summed E-state index contributed by atoms with van der Waals surface area (Å²) < 4.78 is 50.8. The van der Waals surface area contributed by atoms with Crippen LogP contribution in [0, 0.1) is 11.7 Å². The van der Waals surface area contributed by atoms with E-state index in [9.17, 15) is 22.4 Å². The van der Waals surface area contributed by atoms with Gasteiger partial charge in [0, 0.05) is 11.7 Å². The minimum Gasteiger partial charge on any atom is -0.325 e. The number of benzene rings is 1. The van der Waals surface area contributed by atoms with E-state index in [0.29, 0.717) is 18.5 Å². The molecule has 22 heavy (non-hydrogen) atoms. The summed E-state index contributed by atoms with van der Waals surface area (Å²) in [7, 11) is 0. The van der Waals surface area contributed by atoms with Crippen molar-refractivity contribution in [2.24, 2.45) is 5.92 Å². The van der Waals surface area contributed by atoms with E-state index in [1.807, 2.05) is 0 Å². The van der Waals surface area contributed by atoms with Crippen LogP contribution in [-0.2, 0) is 4.79 Å². The summed E-state index contributed by atoms with van der Waals surface area (Å²) in [5, 5.41) is 5.43. The predicted octanol–water partition coefficient (Wildman–Crippen LogP) is 3.47. The van der Waals surface area contributed by atoms with Crippen LogP contribution in [0.3, 0.4) is 0 Å². The molecule has 1 fully saturated rings. The van der Waals surface area contributed by atoms with Crippen molar-refractivity contribution in [3.05, 3.63) is 30.1 Å². The van der Waals surface area contributed by atoms with Gasteiger partial charge in [0.1, 0.15) is 5.82 Å². The first kappa shape index (κ1) is 16.7. The zero-order valence-electron chi connectivity index (χ0n) is 11.9. The third kappa shape index (κ3) is 4.98. The molecule has 0 aromatic heterocycles. The number of carbonyl (C=O) groups is 1. The summed E-state index contributed by atoms with van der Waals surface area (Å²) in [6, 6.07) is 4.98. The molecule has 2 atom stereocenters. The van der Waals surface area contributed by atoms with Crippen molar-refractivity contribution in [3.63, 3.8) is 0 Å². The highest BCUT2D eigenvalue weighted by Crippen LogP contribution is 2.37. The van der Waals surface area contributed by atoms with E-state index >= 15 is 0 Å². The molecule has 1 saturated carbocycles. The van der Waals surface area contributed by atoms with Crippen LogP contribution in [0.1, 0.15) is 25.7 Å². The lowest BCUT2D eigenvalue weighted by Crippen LogP contribution is -2.41. The quantitative estimate of drug-likeness (QED) is 0.835. The van der Waals surface area contributed by atoms with Gasteiger partial charge in [-0.2, -0.15) is 13.2 Å². The zero-order valence-corrected chi connectivity index (χ0v) is 11.9. The maximum atomic E-state index is 12.7. The second-order valence-corrected chi connectivity index (χ2v) is 5.54. The van der Waals surface area contributed by atoms with Crippen molar-refractivity contribution < 1.29 is 22.4 Å². The average Bonchev–Trinajstić information content (AvgIpc) is 2.47. The first-order chi connectivity index (χ1) is 10.3. The average molecular weight is 318 g/mol. The predicted molar refractivity (Wildman–Crippen MR) is 74.8 cm³/mol. The standard InChI is InChI=1S/C15H18F4N2O/c16-11-4-6-12(7-5-11)21-14(22)9-20-13-3-1-2-10(8-13)15(17,18)19/h4-7,10,13,20H,1-3,8-9H2,(H,21,22). The van der Waals surface area contributed by atoms with Crippen LogP contribution in [0.2, 0.25) is 0 Å². The zero-order chi connectivity index (χ0) is 16.2. The Labute approximate surface area is 126 Å². The largest absolute Gasteiger partial charge is 0.391 e. The van der Waals surface area contributed by atoms with Crippen molar-refractivity contribution in [3.8, 4) is 0 Å². The highest BCUT2D eigenvalue weighted by Gasteiger charge is 2.42. The van der Waals surface area contributed by atoms with Crippen molar-refractivity contribution in [2.45, 2.75) is 37.9 Å². The van der Waals surface area contributed by atoms with E-state index < -0.39 is 17.9 Å². The highest BCUT2D eigenvalue weighted by atomic mass is 19.4. The summed E-state index contributed by atoms with van der Waals surface area (Å²) in [4.78, 5) is 11.7. The Morgan fingerprint density at radius 3 is 2.50 bits per heavy atom. The van der Waals surface area contributed by atoms with E-state index in [4.69, 9.17) is 0 Å². The summed E-state index contributed by atoms with van der Waals surface area (Å²) in [5.41, 5.74) is 0.449. The number of alkyl halides is 3. The van der Waals surface area contributed by atoms with Crippen molar-refractivity contribution >= 4 is 11.6 Å². The van der Waals surface area contributed by atoms with Gasteiger partial charge in [0.05, 0.1) is 12.5 Å². The third-order valence-corrected chi connectivity index (χ3v) is 3.82. The van der Waals surface area contributed by atoms with Crippen LogP contribution in [-0.4, -0.2) is 24.7 Å². The van der Waals surface area contributed by atoms with E-state index in [1.165, 1.54) is 24.3 Å². The molecule has 7 heteroatoms. The van der Waals surface area contributed by atoms with Gasteiger partial charge in [-0.3, -0.25) is 4.79 Å². The molecule has 1 aromatic carbocycles. The number of hydrogen-bond acceptors (Lipinski definition) is 2. The Hall–Kier alpha value is -1.63. The molecule has 2 rings (SSSR count). The van der Waals surface area contributed by atoms with Gasteiger partial charge < -0.3 is 10.6 Å². The summed E-state index contributed by atoms with van der Waals surface area (Å²) >= 11 is 0. The summed E-state index contributed by atoms with van der Waals surface area (Å²) in [6.45, 7) is -0.0629. The van der Waals surface area contributed by atoms with E-state index in [-0.39, 0.29) is 31.3 Å². The number of carbonyl (C=O) groups excluding carboxylic acids is 1. The Morgan fingerprint density at radius 2 is 1.86 bits per heavy atom. The first-order valence-corrected chi connectivity index (χ1v) is 7.20. The van der Waals surface area contributed by atoms with Gasteiger partial charge in [0.2, 0.25) is 5.91 Å². The van der Waals surface area contributed by atoms with Crippen molar-refractivity contribution in [2.75, 3.05) is 11.9 Å². The van der Waals surface area contributed by atoms with Gasteiger partial charge in [-0.1, -0.05) is 6.42 Å². The van der Waals surface area contributed by atoms with Crippen LogP contribution in [0.4, 0.5) is 23.2 Å². The van der Waals surface area contributed by atoms with Gasteiger partial charge in [0.25, 0.3) is 0 Å². The lowest BCUT2D eigenvalue weighted by atomic mass is 9.85. The van der Waals surface area contributed by atoms with Gasteiger partial charge in [0.15, 0.2) is 0 Å². The molecular weight excluding hydrogens is 300 g/mol. The Kier molecular flexibility index (Phi) is 5.39. The molecule has 1 aliphatic carbocycles. The molecule has 122 valence electrons. The van der Waals surface area contributed by atoms with Crippen LogP contribution >= 0.6 is 0 Å². The number of amides is 1.